The highest BCUT2D eigenvalue weighted by Gasteiger charge is 2.14. The van der Waals surface area contributed by atoms with Gasteiger partial charge in [0.1, 0.15) is 5.82 Å². The van der Waals surface area contributed by atoms with Gasteiger partial charge in [0.05, 0.1) is 6.10 Å². The highest BCUT2D eigenvalue weighted by Crippen LogP contribution is 2.17. The van der Waals surface area contributed by atoms with Crippen LogP contribution in [-0.4, -0.2) is 22.1 Å². The molecule has 0 aromatic heterocycles. The molecule has 0 bridgehead atoms. The van der Waals surface area contributed by atoms with E-state index in [9.17, 15) is 12.8 Å². The van der Waals surface area contributed by atoms with Crippen LogP contribution in [0.15, 0.2) is 53.9 Å². The summed E-state index contributed by atoms with van der Waals surface area (Å²) in [5.74, 6) is -0.392. The quantitative estimate of drug-likeness (QED) is 0.833. The first-order valence-corrected chi connectivity index (χ1v) is 8.97. The standard InChI is InChI=1S/C18H20FNO3S/c1-14-6-8-15(9-7-14)10-11-24(21,22)20-13-18(23-2)16-4-3-5-17(19)12-16/h3-12,18,20H,13H2,1-2H3. The first-order valence-electron chi connectivity index (χ1n) is 7.42. The van der Waals surface area contributed by atoms with E-state index in [4.69, 9.17) is 4.74 Å². The zero-order chi connectivity index (χ0) is 17.6. The fraction of sp³-hybridized carbons (Fsp3) is 0.222. The molecule has 4 nitrogen and oxygen atoms in total. The Balaban J connectivity index is 2.01. The third-order valence-electron chi connectivity index (χ3n) is 3.49. The molecule has 0 heterocycles. The topological polar surface area (TPSA) is 55.4 Å². The SMILES string of the molecule is COC(CNS(=O)(=O)C=Cc1ccc(C)cc1)c1cccc(F)c1. The van der Waals surface area contributed by atoms with Gasteiger partial charge in [0.15, 0.2) is 0 Å². The minimum Gasteiger partial charge on any atom is -0.375 e. The number of aryl methyl sites for hydroxylation is 1. The number of sulfonamides is 1. The first-order chi connectivity index (χ1) is 11.4. The second-order valence-corrected chi connectivity index (χ2v) is 7.04. The third-order valence-corrected chi connectivity index (χ3v) is 4.56. The van der Waals surface area contributed by atoms with Crippen molar-refractivity contribution in [1.82, 2.24) is 4.72 Å². The molecular formula is C18H20FNO3S. The second kappa shape index (κ2) is 8.19. The van der Waals surface area contributed by atoms with Crippen molar-refractivity contribution >= 4 is 16.1 Å². The minimum atomic E-state index is -3.62. The summed E-state index contributed by atoms with van der Waals surface area (Å²) in [4.78, 5) is 0. The van der Waals surface area contributed by atoms with E-state index in [2.05, 4.69) is 4.72 Å². The molecule has 0 spiro atoms. The van der Waals surface area contributed by atoms with E-state index < -0.39 is 21.9 Å². The number of nitrogens with one attached hydrogen (secondary N) is 1. The Hall–Kier alpha value is -2.02. The van der Waals surface area contributed by atoms with Gasteiger partial charge in [0.25, 0.3) is 0 Å². The zero-order valence-electron chi connectivity index (χ0n) is 13.6. The van der Waals surface area contributed by atoms with E-state index in [0.29, 0.717) is 5.56 Å². The summed E-state index contributed by atoms with van der Waals surface area (Å²) in [6.07, 6.45) is 0.953. The largest absolute Gasteiger partial charge is 0.375 e. The lowest BCUT2D eigenvalue weighted by Crippen LogP contribution is -2.27. The molecule has 0 aliphatic rings. The van der Waals surface area contributed by atoms with Crippen molar-refractivity contribution in [1.29, 1.82) is 0 Å². The Morgan fingerprint density at radius 1 is 1.21 bits per heavy atom. The summed E-state index contributed by atoms with van der Waals surface area (Å²) in [6.45, 7) is 1.98. The summed E-state index contributed by atoms with van der Waals surface area (Å²) < 4.78 is 45.1. The normalized spacial score (nSPS) is 13.3. The maximum Gasteiger partial charge on any atom is 0.233 e. The van der Waals surface area contributed by atoms with Crippen LogP contribution in [0.3, 0.4) is 0 Å². The Bertz CT molecular complexity index is 801. The molecule has 1 atom stereocenters. The maximum absolute atomic E-state index is 13.3. The van der Waals surface area contributed by atoms with Crippen molar-refractivity contribution in [2.24, 2.45) is 0 Å². The van der Waals surface area contributed by atoms with Crippen LogP contribution < -0.4 is 4.72 Å². The molecule has 1 unspecified atom stereocenters. The zero-order valence-corrected chi connectivity index (χ0v) is 14.4. The van der Waals surface area contributed by atoms with Crippen molar-refractivity contribution in [2.45, 2.75) is 13.0 Å². The molecule has 24 heavy (non-hydrogen) atoms. The van der Waals surface area contributed by atoms with Gasteiger partial charge in [-0.2, -0.15) is 0 Å². The summed E-state index contributed by atoms with van der Waals surface area (Å²) in [6, 6.07) is 13.4. The molecule has 2 aromatic carbocycles. The van der Waals surface area contributed by atoms with Gasteiger partial charge in [-0.15, -0.1) is 0 Å². The number of hydrogen-bond donors (Lipinski definition) is 1. The Labute approximate surface area is 142 Å². The van der Waals surface area contributed by atoms with E-state index in [1.165, 1.54) is 25.3 Å². The molecule has 0 amide bonds. The smallest absolute Gasteiger partial charge is 0.233 e. The maximum atomic E-state index is 13.3. The number of halogens is 1. The van der Waals surface area contributed by atoms with Crippen LogP contribution in [-0.2, 0) is 14.8 Å². The lowest BCUT2D eigenvalue weighted by molar-refractivity contribution is 0.107. The van der Waals surface area contributed by atoms with Crippen LogP contribution in [0.4, 0.5) is 4.39 Å². The fourth-order valence-corrected chi connectivity index (χ4v) is 2.95. The first kappa shape index (κ1) is 18.3. The van der Waals surface area contributed by atoms with Crippen molar-refractivity contribution in [3.05, 3.63) is 76.4 Å². The fourth-order valence-electron chi connectivity index (χ4n) is 2.13. The highest BCUT2D eigenvalue weighted by molar-refractivity contribution is 7.92. The van der Waals surface area contributed by atoms with Gasteiger partial charge >= 0.3 is 0 Å². The monoisotopic (exact) mass is 349 g/mol. The summed E-state index contributed by atoms with van der Waals surface area (Å²) in [5, 5.41) is 1.11. The van der Waals surface area contributed by atoms with Crippen LogP contribution in [0.2, 0.25) is 0 Å². The van der Waals surface area contributed by atoms with Crippen molar-refractivity contribution < 1.29 is 17.5 Å². The minimum absolute atomic E-state index is 0.0144. The van der Waals surface area contributed by atoms with Gasteiger partial charge in [-0.3, -0.25) is 0 Å². The van der Waals surface area contributed by atoms with Crippen molar-refractivity contribution in [2.75, 3.05) is 13.7 Å². The molecule has 0 saturated carbocycles. The molecule has 0 saturated heterocycles. The summed E-state index contributed by atoms with van der Waals surface area (Å²) >= 11 is 0. The van der Waals surface area contributed by atoms with Gasteiger partial charge in [-0.25, -0.2) is 17.5 Å². The molecule has 0 aliphatic heterocycles. The third kappa shape index (κ3) is 5.56. The van der Waals surface area contributed by atoms with E-state index >= 15 is 0 Å². The van der Waals surface area contributed by atoms with E-state index in [0.717, 1.165) is 16.5 Å². The molecule has 0 radical (unpaired) electrons. The number of rotatable bonds is 7. The van der Waals surface area contributed by atoms with Crippen LogP contribution in [0.1, 0.15) is 22.8 Å². The van der Waals surface area contributed by atoms with Crippen LogP contribution in [0, 0.1) is 12.7 Å². The molecule has 128 valence electrons. The summed E-state index contributed by atoms with van der Waals surface area (Å²) in [7, 11) is -2.17. The van der Waals surface area contributed by atoms with Gasteiger partial charge in [-0.05, 0) is 36.3 Å². The highest BCUT2D eigenvalue weighted by atomic mass is 32.2. The number of methoxy groups -OCH3 is 1. The number of benzene rings is 2. The Morgan fingerprint density at radius 2 is 1.92 bits per heavy atom. The molecule has 2 rings (SSSR count). The van der Waals surface area contributed by atoms with Gasteiger partial charge in [0.2, 0.25) is 10.0 Å². The average Bonchev–Trinajstić information content (AvgIpc) is 2.55. The number of hydrogen-bond acceptors (Lipinski definition) is 3. The summed E-state index contributed by atoms with van der Waals surface area (Å²) in [5.41, 5.74) is 2.47. The van der Waals surface area contributed by atoms with E-state index in [1.54, 1.807) is 12.1 Å². The van der Waals surface area contributed by atoms with E-state index in [1.807, 2.05) is 31.2 Å². The Kier molecular flexibility index (Phi) is 6.25. The van der Waals surface area contributed by atoms with E-state index in [-0.39, 0.29) is 6.54 Å². The average molecular weight is 349 g/mol. The molecule has 6 heteroatoms. The second-order valence-electron chi connectivity index (χ2n) is 5.39. The van der Waals surface area contributed by atoms with Crippen LogP contribution >= 0.6 is 0 Å². The van der Waals surface area contributed by atoms with Crippen molar-refractivity contribution in [3.8, 4) is 0 Å². The molecule has 0 aliphatic carbocycles. The van der Waals surface area contributed by atoms with Gasteiger partial charge < -0.3 is 4.74 Å². The predicted octanol–water partition coefficient (Wildman–Crippen LogP) is 3.41. The van der Waals surface area contributed by atoms with Gasteiger partial charge in [-0.1, -0.05) is 42.0 Å². The lowest BCUT2D eigenvalue weighted by atomic mass is 10.1. The van der Waals surface area contributed by atoms with Gasteiger partial charge in [0, 0.05) is 19.1 Å². The number of ether oxygens (including phenoxy) is 1. The van der Waals surface area contributed by atoms with Crippen LogP contribution in [0.5, 0.6) is 0 Å². The molecule has 2 aromatic rings. The lowest BCUT2D eigenvalue weighted by Gasteiger charge is -2.16. The predicted molar refractivity (Wildman–Crippen MR) is 93.3 cm³/mol. The van der Waals surface area contributed by atoms with Crippen LogP contribution in [0.25, 0.3) is 6.08 Å². The van der Waals surface area contributed by atoms with Crippen molar-refractivity contribution in [3.63, 3.8) is 0 Å². The molecular weight excluding hydrogens is 329 g/mol. The molecule has 1 N–H and O–H groups in total. The molecule has 0 fully saturated rings. The Morgan fingerprint density at radius 3 is 2.54 bits per heavy atom.